The van der Waals surface area contributed by atoms with Crippen molar-refractivity contribution in [3.8, 4) is 0 Å². The number of hydrogen-bond acceptors (Lipinski definition) is 2. The molecule has 2 heteroatoms. The molecule has 1 aromatic rings. The second-order valence-electron chi connectivity index (χ2n) is 5.42. The Kier molecular flexibility index (Phi) is 7.57. The Morgan fingerprint density at radius 2 is 1.89 bits per heavy atom. The van der Waals surface area contributed by atoms with Crippen molar-refractivity contribution in [1.29, 1.82) is 0 Å². The first kappa shape index (κ1) is 16.0. The van der Waals surface area contributed by atoms with Gasteiger partial charge in [0.25, 0.3) is 0 Å². The van der Waals surface area contributed by atoms with Crippen LogP contribution in [-0.4, -0.2) is 20.1 Å². The van der Waals surface area contributed by atoms with E-state index in [4.69, 9.17) is 0 Å². The predicted molar refractivity (Wildman–Crippen MR) is 86.0 cm³/mol. The normalized spacial score (nSPS) is 10.7. The van der Waals surface area contributed by atoms with Gasteiger partial charge in [0, 0.05) is 25.8 Å². The molecule has 0 spiro atoms. The molecule has 108 valence electrons. The first-order valence-corrected chi connectivity index (χ1v) is 7.70. The molecule has 1 aromatic carbocycles. The SMILES string of the molecule is CCCCCN(C)c1ccc(CNCCC)c(C)c1. The molecule has 0 saturated heterocycles. The van der Waals surface area contributed by atoms with E-state index in [2.05, 4.69) is 56.2 Å². The van der Waals surface area contributed by atoms with E-state index in [1.807, 2.05) is 0 Å². The number of anilines is 1. The highest BCUT2D eigenvalue weighted by atomic mass is 15.1. The van der Waals surface area contributed by atoms with Gasteiger partial charge in [-0.3, -0.25) is 0 Å². The number of rotatable bonds is 9. The van der Waals surface area contributed by atoms with Crippen LogP contribution in [0.15, 0.2) is 18.2 Å². The van der Waals surface area contributed by atoms with Crippen LogP contribution < -0.4 is 10.2 Å². The van der Waals surface area contributed by atoms with Crippen molar-refractivity contribution in [1.82, 2.24) is 5.32 Å². The summed E-state index contributed by atoms with van der Waals surface area (Å²) in [7, 11) is 2.19. The maximum absolute atomic E-state index is 3.47. The summed E-state index contributed by atoms with van der Waals surface area (Å²) in [6.45, 7) is 9.90. The first-order chi connectivity index (χ1) is 9.19. The molecule has 0 amide bonds. The third-order valence-corrected chi connectivity index (χ3v) is 3.61. The van der Waals surface area contributed by atoms with Gasteiger partial charge in [-0.25, -0.2) is 0 Å². The van der Waals surface area contributed by atoms with Crippen molar-refractivity contribution >= 4 is 5.69 Å². The lowest BCUT2D eigenvalue weighted by Crippen LogP contribution is -2.19. The molecule has 0 aliphatic heterocycles. The van der Waals surface area contributed by atoms with Crippen molar-refractivity contribution in [3.05, 3.63) is 29.3 Å². The number of aryl methyl sites for hydroxylation is 1. The number of nitrogens with one attached hydrogen (secondary N) is 1. The van der Waals surface area contributed by atoms with Gasteiger partial charge in [-0.05, 0) is 49.6 Å². The van der Waals surface area contributed by atoms with Gasteiger partial charge in [0.15, 0.2) is 0 Å². The van der Waals surface area contributed by atoms with Crippen molar-refractivity contribution < 1.29 is 0 Å². The Hall–Kier alpha value is -1.02. The highest BCUT2D eigenvalue weighted by molar-refractivity contribution is 5.50. The van der Waals surface area contributed by atoms with E-state index in [1.54, 1.807) is 0 Å². The third kappa shape index (κ3) is 5.65. The van der Waals surface area contributed by atoms with Gasteiger partial charge in [0.05, 0.1) is 0 Å². The first-order valence-electron chi connectivity index (χ1n) is 7.70. The minimum absolute atomic E-state index is 0.986. The molecular weight excluding hydrogens is 232 g/mol. The Labute approximate surface area is 119 Å². The molecule has 2 nitrogen and oxygen atoms in total. The summed E-state index contributed by atoms with van der Waals surface area (Å²) in [5, 5.41) is 3.47. The fourth-order valence-electron chi connectivity index (χ4n) is 2.24. The summed E-state index contributed by atoms with van der Waals surface area (Å²) >= 11 is 0. The average Bonchev–Trinajstić information content (AvgIpc) is 2.41. The molecule has 1 rings (SSSR count). The quantitative estimate of drug-likeness (QED) is 0.673. The van der Waals surface area contributed by atoms with E-state index < -0.39 is 0 Å². The lowest BCUT2D eigenvalue weighted by atomic mass is 10.1. The van der Waals surface area contributed by atoms with Gasteiger partial charge in [-0.15, -0.1) is 0 Å². The molecule has 0 radical (unpaired) electrons. The fraction of sp³-hybridized carbons (Fsp3) is 0.647. The summed E-state index contributed by atoms with van der Waals surface area (Å²) < 4.78 is 0. The highest BCUT2D eigenvalue weighted by Crippen LogP contribution is 2.18. The predicted octanol–water partition coefficient (Wildman–Crippen LogP) is 4.12. The largest absolute Gasteiger partial charge is 0.375 e. The van der Waals surface area contributed by atoms with Crippen LogP contribution in [0, 0.1) is 6.92 Å². The molecule has 19 heavy (non-hydrogen) atoms. The van der Waals surface area contributed by atoms with Gasteiger partial charge < -0.3 is 10.2 Å². The molecule has 0 atom stereocenters. The van der Waals surface area contributed by atoms with E-state index in [0.29, 0.717) is 0 Å². The van der Waals surface area contributed by atoms with Crippen molar-refractivity contribution in [3.63, 3.8) is 0 Å². The standard InChI is InChI=1S/C17H30N2/c1-5-7-8-12-19(4)17-10-9-16(15(3)13-17)14-18-11-6-2/h9-10,13,18H,5-8,11-12,14H2,1-4H3. The lowest BCUT2D eigenvalue weighted by molar-refractivity contribution is 0.673. The molecule has 0 aliphatic carbocycles. The van der Waals surface area contributed by atoms with E-state index in [0.717, 1.165) is 19.6 Å². The Morgan fingerprint density at radius 3 is 2.53 bits per heavy atom. The Bertz CT molecular complexity index is 360. The highest BCUT2D eigenvalue weighted by Gasteiger charge is 2.04. The number of unbranched alkanes of at least 4 members (excludes halogenated alkanes) is 2. The molecule has 0 aromatic heterocycles. The van der Waals surface area contributed by atoms with E-state index in [-0.39, 0.29) is 0 Å². The van der Waals surface area contributed by atoms with Crippen LogP contribution >= 0.6 is 0 Å². The van der Waals surface area contributed by atoms with Crippen LogP contribution in [-0.2, 0) is 6.54 Å². The fourth-order valence-corrected chi connectivity index (χ4v) is 2.24. The van der Waals surface area contributed by atoms with Crippen LogP contribution in [0.2, 0.25) is 0 Å². The summed E-state index contributed by atoms with van der Waals surface area (Å²) in [6, 6.07) is 6.83. The molecule has 0 saturated carbocycles. The summed E-state index contributed by atoms with van der Waals surface area (Å²) in [4.78, 5) is 2.37. The van der Waals surface area contributed by atoms with Crippen LogP contribution in [0.25, 0.3) is 0 Å². The number of nitrogens with zero attached hydrogens (tertiary/aromatic N) is 1. The number of benzene rings is 1. The molecule has 0 fully saturated rings. The molecule has 0 unspecified atom stereocenters. The zero-order valence-corrected chi connectivity index (χ0v) is 13.1. The zero-order chi connectivity index (χ0) is 14.1. The monoisotopic (exact) mass is 262 g/mol. The van der Waals surface area contributed by atoms with E-state index in [9.17, 15) is 0 Å². The van der Waals surface area contributed by atoms with E-state index >= 15 is 0 Å². The van der Waals surface area contributed by atoms with Crippen molar-refractivity contribution in [2.45, 2.75) is 53.0 Å². The van der Waals surface area contributed by atoms with Crippen LogP contribution in [0.1, 0.15) is 50.7 Å². The molecule has 0 aliphatic rings. The van der Waals surface area contributed by atoms with Crippen LogP contribution in [0.5, 0.6) is 0 Å². The van der Waals surface area contributed by atoms with Gasteiger partial charge in [0.1, 0.15) is 0 Å². The minimum atomic E-state index is 0.986. The third-order valence-electron chi connectivity index (χ3n) is 3.61. The van der Waals surface area contributed by atoms with Gasteiger partial charge in [0.2, 0.25) is 0 Å². The summed E-state index contributed by atoms with van der Waals surface area (Å²) in [5.74, 6) is 0. The van der Waals surface area contributed by atoms with Crippen LogP contribution in [0.3, 0.4) is 0 Å². The molecule has 0 heterocycles. The number of hydrogen-bond donors (Lipinski definition) is 1. The summed E-state index contributed by atoms with van der Waals surface area (Å²) in [5.41, 5.74) is 4.15. The second-order valence-corrected chi connectivity index (χ2v) is 5.42. The van der Waals surface area contributed by atoms with Gasteiger partial charge in [-0.2, -0.15) is 0 Å². The average molecular weight is 262 g/mol. The lowest BCUT2D eigenvalue weighted by Gasteiger charge is -2.20. The molecule has 1 N–H and O–H groups in total. The topological polar surface area (TPSA) is 15.3 Å². The van der Waals surface area contributed by atoms with Gasteiger partial charge >= 0.3 is 0 Å². The Morgan fingerprint density at radius 1 is 1.11 bits per heavy atom. The second kappa shape index (κ2) is 8.98. The van der Waals surface area contributed by atoms with E-state index in [1.165, 1.54) is 42.5 Å². The zero-order valence-electron chi connectivity index (χ0n) is 13.1. The minimum Gasteiger partial charge on any atom is -0.375 e. The van der Waals surface area contributed by atoms with Crippen LogP contribution in [0.4, 0.5) is 5.69 Å². The molecule has 0 bridgehead atoms. The summed E-state index contributed by atoms with van der Waals surface area (Å²) in [6.07, 6.45) is 5.08. The molecular formula is C17H30N2. The smallest absolute Gasteiger partial charge is 0.0366 e. The van der Waals surface area contributed by atoms with Gasteiger partial charge in [-0.1, -0.05) is 32.8 Å². The Balaban J connectivity index is 2.54. The maximum Gasteiger partial charge on any atom is 0.0366 e. The maximum atomic E-state index is 3.47. The van der Waals surface area contributed by atoms with Crippen molar-refractivity contribution in [2.24, 2.45) is 0 Å². The van der Waals surface area contributed by atoms with Crippen molar-refractivity contribution in [2.75, 3.05) is 25.0 Å².